The van der Waals surface area contributed by atoms with E-state index in [0.29, 0.717) is 0 Å². The van der Waals surface area contributed by atoms with Crippen molar-refractivity contribution in [2.24, 2.45) is 0 Å². The first-order valence-corrected chi connectivity index (χ1v) is 8.63. The predicted molar refractivity (Wildman–Crippen MR) is 94.9 cm³/mol. The van der Waals surface area contributed by atoms with E-state index in [1.807, 2.05) is 37.3 Å². The largest absolute Gasteiger partial charge is 0.341 e. The Hall–Kier alpha value is -1.62. The van der Waals surface area contributed by atoms with Gasteiger partial charge < -0.3 is 10.2 Å². The first-order valence-electron chi connectivity index (χ1n) is 7.84. The maximum absolute atomic E-state index is 4.71. The average Bonchev–Trinajstić information content (AvgIpc) is 2.78. The van der Waals surface area contributed by atoms with Crippen molar-refractivity contribution < 1.29 is 0 Å². The molecule has 3 rings (SSSR count). The van der Waals surface area contributed by atoms with Gasteiger partial charge in [-0.1, -0.05) is 28.8 Å². The van der Waals surface area contributed by atoms with E-state index in [-0.39, 0.29) is 0 Å². The highest BCUT2D eigenvalue weighted by atomic mass is 79.9. The van der Waals surface area contributed by atoms with Crippen LogP contribution in [0.25, 0.3) is 0 Å². The molecule has 2 aromatic rings. The fraction of sp³-hybridized carbons (Fsp3) is 0.412. The number of aromatic nitrogens is 2. The summed E-state index contributed by atoms with van der Waals surface area (Å²) in [5.74, 6) is 1.70. The molecule has 5 heteroatoms. The third-order valence-corrected chi connectivity index (χ3v) is 4.38. The number of halogens is 1. The molecule has 0 saturated carbocycles. The van der Waals surface area contributed by atoms with Crippen LogP contribution in [0.4, 0.5) is 17.5 Å². The number of hydrogen-bond acceptors (Lipinski definition) is 4. The van der Waals surface area contributed by atoms with E-state index >= 15 is 0 Å². The van der Waals surface area contributed by atoms with Gasteiger partial charge >= 0.3 is 0 Å². The molecule has 0 bridgehead atoms. The summed E-state index contributed by atoms with van der Waals surface area (Å²) in [6.45, 7) is 4.14. The first kappa shape index (κ1) is 15.3. The Balaban J connectivity index is 1.81. The summed E-state index contributed by atoms with van der Waals surface area (Å²) in [5, 5.41) is 3.37. The zero-order chi connectivity index (χ0) is 15.4. The van der Waals surface area contributed by atoms with Gasteiger partial charge in [-0.3, -0.25) is 0 Å². The van der Waals surface area contributed by atoms with Crippen LogP contribution in [0.5, 0.6) is 0 Å². The molecule has 0 atom stereocenters. The van der Waals surface area contributed by atoms with Crippen LogP contribution in [0.15, 0.2) is 34.8 Å². The zero-order valence-corrected chi connectivity index (χ0v) is 14.4. The number of nitrogens with one attached hydrogen (secondary N) is 1. The Morgan fingerprint density at radius 2 is 1.68 bits per heavy atom. The minimum Gasteiger partial charge on any atom is -0.341 e. The van der Waals surface area contributed by atoms with E-state index in [4.69, 9.17) is 4.98 Å². The van der Waals surface area contributed by atoms with Crippen molar-refractivity contribution in [2.75, 3.05) is 23.3 Å². The molecule has 2 heterocycles. The summed E-state index contributed by atoms with van der Waals surface area (Å²) < 4.78 is 1.07. The summed E-state index contributed by atoms with van der Waals surface area (Å²) in [5.41, 5.74) is 2.02. The first-order chi connectivity index (χ1) is 10.7. The highest BCUT2D eigenvalue weighted by molar-refractivity contribution is 9.10. The van der Waals surface area contributed by atoms with Gasteiger partial charge in [-0.15, -0.1) is 0 Å². The Morgan fingerprint density at radius 1 is 1.00 bits per heavy atom. The highest BCUT2D eigenvalue weighted by Crippen LogP contribution is 2.22. The molecular weight excluding hydrogens is 340 g/mol. The van der Waals surface area contributed by atoms with Crippen molar-refractivity contribution in [3.63, 3.8) is 0 Å². The summed E-state index contributed by atoms with van der Waals surface area (Å²) in [7, 11) is 0. The standard InChI is InChI=1S/C17H21BrN4/c1-13-12-16(20-15-8-6-14(18)7-9-15)21-17(19-13)22-10-4-2-3-5-11-22/h6-9,12H,2-5,10-11H2,1H3,(H,19,20,21). The maximum Gasteiger partial charge on any atom is 0.227 e. The van der Waals surface area contributed by atoms with E-state index < -0.39 is 0 Å². The van der Waals surface area contributed by atoms with Crippen LogP contribution < -0.4 is 10.2 Å². The Kier molecular flexibility index (Phi) is 4.93. The number of aryl methyl sites for hydroxylation is 1. The highest BCUT2D eigenvalue weighted by Gasteiger charge is 2.13. The van der Waals surface area contributed by atoms with Crippen molar-refractivity contribution in [3.05, 3.63) is 40.5 Å². The van der Waals surface area contributed by atoms with Crippen LogP contribution in [-0.4, -0.2) is 23.1 Å². The fourth-order valence-electron chi connectivity index (χ4n) is 2.71. The zero-order valence-electron chi connectivity index (χ0n) is 12.8. The minimum atomic E-state index is 0.849. The molecule has 1 N–H and O–H groups in total. The van der Waals surface area contributed by atoms with Gasteiger partial charge in [0.15, 0.2) is 0 Å². The number of rotatable bonds is 3. The third-order valence-electron chi connectivity index (χ3n) is 3.85. The predicted octanol–water partition coefficient (Wildman–Crippen LogP) is 4.67. The Bertz CT molecular complexity index is 619. The summed E-state index contributed by atoms with van der Waals surface area (Å²) in [6, 6.07) is 10.1. The molecule has 0 spiro atoms. The van der Waals surface area contributed by atoms with Crippen LogP contribution in [0.1, 0.15) is 31.4 Å². The van der Waals surface area contributed by atoms with Crippen molar-refractivity contribution >= 4 is 33.4 Å². The Morgan fingerprint density at radius 3 is 2.36 bits per heavy atom. The minimum absolute atomic E-state index is 0.849. The molecule has 1 aromatic carbocycles. The smallest absolute Gasteiger partial charge is 0.227 e. The van der Waals surface area contributed by atoms with Crippen molar-refractivity contribution in [1.29, 1.82) is 0 Å². The lowest BCUT2D eigenvalue weighted by molar-refractivity contribution is 0.726. The Labute approximate surface area is 140 Å². The van der Waals surface area contributed by atoms with Crippen LogP contribution in [0.3, 0.4) is 0 Å². The topological polar surface area (TPSA) is 41.1 Å². The molecule has 0 unspecified atom stereocenters. The van der Waals surface area contributed by atoms with Crippen molar-refractivity contribution in [2.45, 2.75) is 32.6 Å². The van der Waals surface area contributed by atoms with Gasteiger partial charge in [0.25, 0.3) is 0 Å². The molecule has 0 aliphatic carbocycles. The maximum atomic E-state index is 4.71. The molecule has 4 nitrogen and oxygen atoms in total. The average molecular weight is 361 g/mol. The molecule has 22 heavy (non-hydrogen) atoms. The monoisotopic (exact) mass is 360 g/mol. The quantitative estimate of drug-likeness (QED) is 0.863. The van der Waals surface area contributed by atoms with Gasteiger partial charge in [-0.05, 0) is 44.0 Å². The molecule has 0 radical (unpaired) electrons. The summed E-state index contributed by atoms with van der Waals surface area (Å²) >= 11 is 3.45. The molecule has 1 aliphatic heterocycles. The van der Waals surface area contributed by atoms with Gasteiger partial charge in [0.1, 0.15) is 5.82 Å². The second-order valence-electron chi connectivity index (χ2n) is 5.73. The van der Waals surface area contributed by atoms with Crippen LogP contribution in [-0.2, 0) is 0 Å². The number of anilines is 3. The number of benzene rings is 1. The van der Waals surface area contributed by atoms with Crippen LogP contribution in [0, 0.1) is 6.92 Å². The van der Waals surface area contributed by atoms with Crippen molar-refractivity contribution in [1.82, 2.24) is 9.97 Å². The molecule has 0 amide bonds. The van der Waals surface area contributed by atoms with E-state index in [0.717, 1.165) is 40.7 Å². The van der Waals surface area contributed by atoms with Crippen molar-refractivity contribution in [3.8, 4) is 0 Å². The second-order valence-corrected chi connectivity index (χ2v) is 6.64. The van der Waals surface area contributed by atoms with Crippen LogP contribution in [0.2, 0.25) is 0 Å². The molecule has 116 valence electrons. The van der Waals surface area contributed by atoms with E-state index in [1.54, 1.807) is 0 Å². The fourth-order valence-corrected chi connectivity index (χ4v) is 2.97. The van der Waals surface area contributed by atoms with Gasteiger partial charge in [-0.25, -0.2) is 4.98 Å². The molecule has 1 saturated heterocycles. The number of nitrogens with zero attached hydrogens (tertiary/aromatic N) is 3. The van der Waals surface area contributed by atoms with E-state index in [9.17, 15) is 0 Å². The van der Waals surface area contributed by atoms with E-state index in [2.05, 4.69) is 31.1 Å². The lowest BCUT2D eigenvalue weighted by Crippen LogP contribution is -2.26. The van der Waals surface area contributed by atoms with E-state index in [1.165, 1.54) is 25.7 Å². The molecule has 1 aliphatic rings. The SMILES string of the molecule is Cc1cc(Nc2ccc(Br)cc2)nc(N2CCCCCC2)n1. The lowest BCUT2D eigenvalue weighted by Gasteiger charge is -2.21. The normalized spacial score (nSPS) is 15.5. The molecule has 1 fully saturated rings. The number of hydrogen-bond donors (Lipinski definition) is 1. The lowest BCUT2D eigenvalue weighted by atomic mass is 10.2. The molecular formula is C17H21BrN4. The summed E-state index contributed by atoms with van der Waals surface area (Å²) in [6.07, 6.45) is 5.08. The van der Waals surface area contributed by atoms with Gasteiger partial charge in [0.2, 0.25) is 5.95 Å². The van der Waals surface area contributed by atoms with Gasteiger partial charge in [0.05, 0.1) is 0 Å². The van der Waals surface area contributed by atoms with Crippen LogP contribution >= 0.6 is 15.9 Å². The second kappa shape index (κ2) is 7.09. The summed E-state index contributed by atoms with van der Waals surface area (Å²) in [4.78, 5) is 11.6. The van der Waals surface area contributed by atoms with Gasteiger partial charge in [-0.2, -0.15) is 4.98 Å². The molecule has 1 aromatic heterocycles. The third kappa shape index (κ3) is 3.97. The van der Waals surface area contributed by atoms with Gasteiger partial charge in [0, 0.05) is 35.0 Å².